The average molecular weight is 606 g/mol. The zero-order valence-corrected chi connectivity index (χ0v) is 25.0. The summed E-state index contributed by atoms with van der Waals surface area (Å²) in [6.45, 7) is 5.54. The zero-order valence-electron chi connectivity index (χ0n) is 24.2. The topological polar surface area (TPSA) is 124 Å². The number of aliphatic imine (C=N–C) groups is 1. The van der Waals surface area contributed by atoms with Crippen LogP contribution in [0.15, 0.2) is 96.0 Å². The first-order valence-corrected chi connectivity index (χ1v) is 14.4. The number of rotatable bonds is 7. The second-order valence-electron chi connectivity index (χ2n) is 10.2. The van der Waals surface area contributed by atoms with E-state index in [1.807, 2.05) is 41.8 Å². The number of pyridine rings is 3. The Kier molecular flexibility index (Phi) is 7.99. The number of nitrogens with zero attached hydrogens (tertiary/aromatic N) is 6. The molecule has 0 aliphatic carbocycles. The van der Waals surface area contributed by atoms with Gasteiger partial charge in [0, 0.05) is 40.8 Å². The van der Waals surface area contributed by atoms with Crippen molar-refractivity contribution in [2.45, 2.75) is 26.7 Å². The fourth-order valence-electron chi connectivity index (χ4n) is 5.56. The molecule has 0 fully saturated rings. The van der Waals surface area contributed by atoms with Crippen molar-refractivity contribution in [3.05, 3.63) is 113 Å². The highest BCUT2D eigenvalue weighted by molar-refractivity contribution is 6.31. The van der Waals surface area contributed by atoms with Gasteiger partial charge in [0.15, 0.2) is 0 Å². The lowest BCUT2D eigenvalue weighted by Crippen LogP contribution is -2.38. The number of hydrogen-bond acceptors (Lipinski definition) is 8. The van der Waals surface area contributed by atoms with E-state index in [0.29, 0.717) is 39.2 Å². The summed E-state index contributed by atoms with van der Waals surface area (Å²) in [5.41, 5.74) is 3.90. The van der Waals surface area contributed by atoms with Crippen molar-refractivity contribution in [3.8, 4) is 5.82 Å². The van der Waals surface area contributed by atoms with Crippen LogP contribution in [-0.2, 0) is 14.3 Å². The monoisotopic (exact) mass is 605 g/mol. The molecule has 0 bridgehead atoms. The molecular formula is C33H28ClN7O3. The Balaban J connectivity index is 1.50. The second-order valence-corrected chi connectivity index (χ2v) is 10.6. The Hall–Kier alpha value is -5.22. The number of ether oxygens (including phenoxy) is 1. The molecule has 6 rings (SSSR count). The Morgan fingerprint density at radius 1 is 0.977 bits per heavy atom. The van der Waals surface area contributed by atoms with Crippen molar-refractivity contribution < 1.29 is 14.3 Å². The van der Waals surface area contributed by atoms with Gasteiger partial charge in [0.2, 0.25) is 5.91 Å². The molecule has 0 saturated carbocycles. The predicted octanol–water partition coefficient (Wildman–Crippen LogP) is 5.96. The number of carbonyl (C=O) groups is 2. The summed E-state index contributed by atoms with van der Waals surface area (Å²) in [6, 6.07) is 18.0. The van der Waals surface area contributed by atoms with Crippen LogP contribution in [-0.4, -0.2) is 48.7 Å². The summed E-state index contributed by atoms with van der Waals surface area (Å²) >= 11 is 6.73. The highest BCUT2D eigenvalue weighted by atomic mass is 35.5. The van der Waals surface area contributed by atoms with Gasteiger partial charge >= 0.3 is 5.97 Å². The van der Waals surface area contributed by atoms with Crippen LogP contribution in [0, 0.1) is 12.8 Å². The molecule has 5 heterocycles. The van der Waals surface area contributed by atoms with E-state index in [9.17, 15) is 9.59 Å². The molecule has 2 atom stereocenters. The number of amides is 1. The largest absolute Gasteiger partial charge is 0.463 e. The molecule has 0 spiro atoms. The number of carbonyl (C=O) groups excluding carboxylic acids is 2. The lowest BCUT2D eigenvalue weighted by molar-refractivity contribution is -0.138. The SMILES string of the molecule is CCOC(=O)C1=C(c2ccc(-n3c(C)nc4cnccc43)nc2)N=C(C)C(C(=O)Nc2ccccn2)C1c1ccccc1Cl. The molecule has 1 aliphatic rings. The van der Waals surface area contributed by atoms with Gasteiger partial charge in [0.05, 0.1) is 35.5 Å². The van der Waals surface area contributed by atoms with Gasteiger partial charge in [-0.2, -0.15) is 0 Å². The van der Waals surface area contributed by atoms with Gasteiger partial charge in [-0.25, -0.2) is 19.7 Å². The van der Waals surface area contributed by atoms with Gasteiger partial charge in [0.1, 0.15) is 23.0 Å². The molecular weight excluding hydrogens is 578 g/mol. The maximum Gasteiger partial charge on any atom is 0.336 e. The van der Waals surface area contributed by atoms with Crippen molar-refractivity contribution in [2.24, 2.45) is 10.9 Å². The van der Waals surface area contributed by atoms with Gasteiger partial charge in [-0.15, -0.1) is 0 Å². The molecule has 1 amide bonds. The molecule has 0 saturated heterocycles. The molecule has 1 aromatic carbocycles. The quantitative estimate of drug-likeness (QED) is 0.227. The van der Waals surface area contributed by atoms with E-state index in [1.165, 1.54) is 0 Å². The molecule has 10 nitrogen and oxygen atoms in total. The molecule has 220 valence electrons. The maximum absolute atomic E-state index is 13.9. The summed E-state index contributed by atoms with van der Waals surface area (Å²) in [7, 11) is 0. The van der Waals surface area contributed by atoms with Crippen molar-refractivity contribution in [2.75, 3.05) is 11.9 Å². The third-order valence-corrected chi connectivity index (χ3v) is 7.79. The minimum Gasteiger partial charge on any atom is -0.463 e. The molecule has 0 radical (unpaired) electrons. The molecule has 1 aliphatic heterocycles. The van der Waals surface area contributed by atoms with Gasteiger partial charge in [-0.05, 0) is 62.7 Å². The summed E-state index contributed by atoms with van der Waals surface area (Å²) in [6.07, 6.45) is 6.66. The highest BCUT2D eigenvalue weighted by Crippen LogP contribution is 2.45. The second kappa shape index (κ2) is 12.2. The van der Waals surface area contributed by atoms with Crippen LogP contribution in [0.2, 0.25) is 5.02 Å². The Morgan fingerprint density at radius 3 is 2.52 bits per heavy atom. The van der Waals surface area contributed by atoms with E-state index >= 15 is 0 Å². The maximum atomic E-state index is 13.9. The first kappa shape index (κ1) is 28.9. The van der Waals surface area contributed by atoms with Crippen LogP contribution < -0.4 is 5.32 Å². The van der Waals surface area contributed by atoms with E-state index in [1.54, 1.807) is 69.0 Å². The number of imidazole rings is 1. The minimum atomic E-state index is -0.874. The summed E-state index contributed by atoms with van der Waals surface area (Å²) in [5.74, 6) is -0.856. The third-order valence-electron chi connectivity index (χ3n) is 7.45. The molecule has 4 aromatic heterocycles. The fourth-order valence-corrected chi connectivity index (χ4v) is 5.81. The van der Waals surface area contributed by atoms with Crippen LogP contribution in [0.4, 0.5) is 5.82 Å². The number of benzene rings is 1. The number of anilines is 1. The van der Waals surface area contributed by atoms with E-state index in [0.717, 1.165) is 16.9 Å². The van der Waals surface area contributed by atoms with Crippen molar-refractivity contribution in [1.29, 1.82) is 0 Å². The number of halogens is 1. The van der Waals surface area contributed by atoms with Gasteiger partial charge in [-0.1, -0.05) is 35.9 Å². The summed E-state index contributed by atoms with van der Waals surface area (Å²) in [4.78, 5) is 50.2. The first-order chi connectivity index (χ1) is 21.4. The van der Waals surface area contributed by atoms with Crippen LogP contribution in [0.5, 0.6) is 0 Å². The fraction of sp³-hybridized carbons (Fsp3) is 0.182. The number of aryl methyl sites for hydroxylation is 1. The molecule has 44 heavy (non-hydrogen) atoms. The standard InChI is InChI=1S/C33H28ClN7O3/c1-4-44-33(43)30-29(22-9-5-6-10-23(22)34)28(32(42)40-26-11-7-8-15-36-26)19(2)38-31(30)21-12-13-27(37-17-21)41-20(3)39-24-18-35-16-14-25(24)41/h5-18,28-29H,4H2,1-3H3,(H,36,40,42). The lowest BCUT2D eigenvalue weighted by Gasteiger charge is -2.33. The van der Waals surface area contributed by atoms with E-state index in [4.69, 9.17) is 26.3 Å². The Bertz CT molecular complexity index is 1930. The number of aromatic nitrogens is 5. The average Bonchev–Trinajstić information content (AvgIpc) is 3.37. The smallest absolute Gasteiger partial charge is 0.336 e. The first-order valence-electron chi connectivity index (χ1n) is 14.1. The van der Waals surface area contributed by atoms with Gasteiger partial charge < -0.3 is 10.1 Å². The van der Waals surface area contributed by atoms with E-state index < -0.39 is 17.8 Å². The Morgan fingerprint density at radius 2 is 1.80 bits per heavy atom. The molecule has 2 unspecified atom stereocenters. The summed E-state index contributed by atoms with van der Waals surface area (Å²) in [5, 5.41) is 3.29. The van der Waals surface area contributed by atoms with Crippen LogP contribution in [0.1, 0.15) is 36.7 Å². The minimum absolute atomic E-state index is 0.136. The molecule has 1 N–H and O–H groups in total. The number of esters is 1. The zero-order chi connectivity index (χ0) is 30.8. The number of fused-ring (bicyclic) bond motifs is 1. The van der Waals surface area contributed by atoms with Crippen LogP contribution >= 0.6 is 11.6 Å². The van der Waals surface area contributed by atoms with Crippen LogP contribution in [0.25, 0.3) is 22.5 Å². The van der Waals surface area contributed by atoms with Crippen molar-refractivity contribution in [1.82, 2.24) is 24.5 Å². The predicted molar refractivity (Wildman–Crippen MR) is 169 cm³/mol. The summed E-state index contributed by atoms with van der Waals surface area (Å²) < 4.78 is 7.49. The Labute approximate surface area is 258 Å². The number of nitrogens with one attached hydrogen (secondary N) is 1. The van der Waals surface area contributed by atoms with Gasteiger partial charge in [0.25, 0.3) is 0 Å². The van der Waals surface area contributed by atoms with Gasteiger partial charge in [-0.3, -0.25) is 19.3 Å². The van der Waals surface area contributed by atoms with Crippen molar-refractivity contribution in [3.63, 3.8) is 0 Å². The van der Waals surface area contributed by atoms with Crippen LogP contribution in [0.3, 0.4) is 0 Å². The van der Waals surface area contributed by atoms with E-state index in [2.05, 4.69) is 20.3 Å². The molecule has 5 aromatic rings. The van der Waals surface area contributed by atoms with E-state index in [-0.39, 0.29) is 18.1 Å². The normalized spacial score (nSPS) is 16.5. The highest BCUT2D eigenvalue weighted by Gasteiger charge is 2.43. The molecule has 11 heteroatoms. The van der Waals surface area contributed by atoms with Crippen molar-refractivity contribution >= 4 is 51.7 Å². The third kappa shape index (κ3) is 5.35. The lowest BCUT2D eigenvalue weighted by atomic mass is 9.74. The number of hydrogen-bond donors (Lipinski definition) is 1.